The van der Waals surface area contributed by atoms with Gasteiger partial charge in [0.05, 0.1) is 22.4 Å². The molecular weight excluding hydrogens is 514 g/mol. The van der Waals surface area contributed by atoms with E-state index in [1.165, 1.54) is 28.9 Å². The third kappa shape index (κ3) is 4.23. The van der Waals surface area contributed by atoms with Gasteiger partial charge in [0.2, 0.25) is 5.91 Å². The van der Waals surface area contributed by atoms with Crippen molar-refractivity contribution in [1.29, 1.82) is 0 Å². The summed E-state index contributed by atoms with van der Waals surface area (Å²) in [7, 11) is 0. The Hall–Kier alpha value is -4.54. The number of hydrogen-bond acceptors (Lipinski definition) is 4. The first-order chi connectivity index (χ1) is 18.7. The second-order valence-corrected chi connectivity index (χ2v) is 9.63. The van der Waals surface area contributed by atoms with Gasteiger partial charge in [-0.3, -0.25) is 14.6 Å². The van der Waals surface area contributed by atoms with Gasteiger partial charge in [0.15, 0.2) is 5.69 Å². The van der Waals surface area contributed by atoms with Crippen LogP contribution in [0.25, 0.3) is 16.9 Å². The van der Waals surface area contributed by atoms with Gasteiger partial charge in [-0.1, -0.05) is 0 Å². The third-order valence-electron chi connectivity index (χ3n) is 7.43. The Kier molecular flexibility index (Phi) is 5.74. The summed E-state index contributed by atoms with van der Waals surface area (Å²) in [5.41, 5.74) is 1.14. The number of nitrogens with one attached hydrogen (secondary N) is 1. The number of anilines is 1. The first kappa shape index (κ1) is 24.8. The zero-order valence-electron chi connectivity index (χ0n) is 20.4. The predicted molar refractivity (Wildman–Crippen MR) is 134 cm³/mol. The number of likely N-dealkylation sites (tertiary alicyclic amines) is 1. The molecule has 2 aromatic heterocycles. The Morgan fingerprint density at radius 1 is 0.949 bits per heavy atom. The maximum atomic E-state index is 14.0. The van der Waals surface area contributed by atoms with E-state index in [0.29, 0.717) is 41.0 Å². The molecule has 6 rings (SSSR count). The van der Waals surface area contributed by atoms with Gasteiger partial charge >= 0.3 is 6.18 Å². The Morgan fingerprint density at radius 3 is 2.31 bits per heavy atom. The van der Waals surface area contributed by atoms with E-state index in [1.54, 1.807) is 41.6 Å². The molecule has 0 atom stereocenters. The van der Waals surface area contributed by atoms with Gasteiger partial charge in [0.25, 0.3) is 5.91 Å². The number of nitrogens with zero attached hydrogens (tertiary/aromatic N) is 4. The van der Waals surface area contributed by atoms with Crippen LogP contribution >= 0.6 is 0 Å². The highest BCUT2D eigenvalue weighted by atomic mass is 19.4. The lowest BCUT2D eigenvalue weighted by molar-refractivity contribution is -0.137. The standard InChI is InChI=1S/C28H21F4N5O2/c29-19-3-6-22-21(15-19)27(26(39)34-22)9-13-36(14-10-27)25(38)23-16-24(17-7-11-33-12-8-17)37(35-23)20-4-1-18(2-5-20)28(30,31)32/h1-8,11-12,15-16H,9-10,13-14H2,(H,34,39). The van der Waals surface area contributed by atoms with Crippen LogP contribution in [0, 0.1) is 5.82 Å². The Balaban J connectivity index is 1.30. The van der Waals surface area contributed by atoms with E-state index in [2.05, 4.69) is 15.4 Å². The maximum Gasteiger partial charge on any atom is 0.416 e. The molecule has 2 aliphatic heterocycles. The van der Waals surface area contributed by atoms with E-state index in [4.69, 9.17) is 0 Å². The van der Waals surface area contributed by atoms with Gasteiger partial charge in [-0.25, -0.2) is 9.07 Å². The zero-order valence-corrected chi connectivity index (χ0v) is 20.4. The van der Waals surface area contributed by atoms with Gasteiger partial charge in [-0.2, -0.15) is 18.3 Å². The van der Waals surface area contributed by atoms with Crippen molar-refractivity contribution in [2.45, 2.75) is 24.4 Å². The zero-order chi connectivity index (χ0) is 27.4. The highest BCUT2D eigenvalue weighted by molar-refractivity contribution is 6.06. The molecule has 7 nitrogen and oxygen atoms in total. The number of carbonyl (C=O) groups is 2. The average Bonchev–Trinajstić information content (AvgIpc) is 3.49. The summed E-state index contributed by atoms with van der Waals surface area (Å²) in [4.78, 5) is 32.0. The molecule has 1 N–H and O–H groups in total. The van der Waals surface area contributed by atoms with Gasteiger partial charge in [0.1, 0.15) is 5.82 Å². The van der Waals surface area contributed by atoms with Crippen LogP contribution in [-0.4, -0.2) is 44.6 Å². The monoisotopic (exact) mass is 535 g/mol. The van der Waals surface area contributed by atoms with Gasteiger partial charge in [-0.15, -0.1) is 0 Å². The number of aromatic nitrogens is 3. The molecule has 1 saturated heterocycles. The second kappa shape index (κ2) is 9.04. The molecule has 4 aromatic rings. The number of pyridine rings is 1. The minimum atomic E-state index is -4.48. The highest BCUT2D eigenvalue weighted by Gasteiger charge is 2.49. The van der Waals surface area contributed by atoms with Crippen LogP contribution in [0.15, 0.2) is 73.1 Å². The smallest absolute Gasteiger partial charge is 0.337 e. The fourth-order valence-corrected chi connectivity index (χ4v) is 5.34. The van der Waals surface area contributed by atoms with Crippen molar-refractivity contribution >= 4 is 17.5 Å². The minimum absolute atomic E-state index is 0.111. The number of halogens is 4. The number of piperidine rings is 1. The Labute approximate surface area is 220 Å². The summed E-state index contributed by atoms with van der Waals surface area (Å²) < 4.78 is 54.7. The number of fused-ring (bicyclic) bond motifs is 2. The van der Waals surface area contributed by atoms with Crippen LogP contribution in [0.4, 0.5) is 23.2 Å². The van der Waals surface area contributed by atoms with E-state index in [1.807, 2.05) is 0 Å². The molecule has 11 heteroatoms. The van der Waals surface area contributed by atoms with E-state index >= 15 is 0 Å². The summed E-state index contributed by atoms with van der Waals surface area (Å²) >= 11 is 0. The molecule has 198 valence electrons. The van der Waals surface area contributed by atoms with Crippen molar-refractivity contribution in [3.8, 4) is 16.9 Å². The lowest BCUT2D eigenvalue weighted by atomic mass is 9.73. The SMILES string of the molecule is O=C(c1cc(-c2ccncc2)n(-c2ccc(C(F)(F)F)cc2)n1)N1CCC2(CC1)C(=O)Nc1ccc(F)cc12. The van der Waals surface area contributed by atoms with Gasteiger partial charge < -0.3 is 10.2 Å². The Morgan fingerprint density at radius 2 is 1.64 bits per heavy atom. The average molecular weight is 536 g/mol. The predicted octanol–water partition coefficient (Wildman–Crippen LogP) is 5.22. The van der Waals surface area contributed by atoms with Crippen LogP contribution in [-0.2, 0) is 16.4 Å². The summed E-state index contributed by atoms with van der Waals surface area (Å²) in [6.45, 7) is 0.500. The van der Waals surface area contributed by atoms with Gasteiger partial charge in [0, 0.05) is 36.7 Å². The fraction of sp³-hybridized carbons (Fsp3) is 0.214. The molecule has 0 bridgehead atoms. The second-order valence-electron chi connectivity index (χ2n) is 9.63. The lowest BCUT2D eigenvalue weighted by Crippen LogP contribution is -2.48. The van der Waals surface area contributed by atoms with Crippen LogP contribution in [0.3, 0.4) is 0 Å². The van der Waals surface area contributed by atoms with Crippen molar-refractivity contribution in [2.75, 3.05) is 18.4 Å². The van der Waals surface area contributed by atoms with Crippen LogP contribution in [0.2, 0.25) is 0 Å². The van der Waals surface area contributed by atoms with Gasteiger partial charge in [-0.05, 0) is 79.1 Å². The summed E-state index contributed by atoms with van der Waals surface area (Å²) in [6, 6.07) is 13.8. The van der Waals surface area contributed by atoms with Crippen molar-refractivity contribution < 1.29 is 27.2 Å². The van der Waals surface area contributed by atoms with E-state index in [-0.39, 0.29) is 30.6 Å². The van der Waals surface area contributed by atoms with Crippen molar-refractivity contribution in [3.05, 3.63) is 95.7 Å². The summed E-state index contributed by atoms with van der Waals surface area (Å²) in [5.74, 6) is -1.01. The molecule has 2 amide bonds. The fourth-order valence-electron chi connectivity index (χ4n) is 5.34. The molecule has 0 saturated carbocycles. The van der Waals surface area contributed by atoms with Crippen molar-refractivity contribution in [2.24, 2.45) is 0 Å². The lowest BCUT2D eigenvalue weighted by Gasteiger charge is -2.37. The first-order valence-corrected chi connectivity index (χ1v) is 12.2. The summed E-state index contributed by atoms with van der Waals surface area (Å²) in [5, 5.41) is 7.29. The molecule has 2 aliphatic rings. The minimum Gasteiger partial charge on any atom is -0.337 e. The third-order valence-corrected chi connectivity index (χ3v) is 7.43. The molecule has 2 aromatic carbocycles. The number of carbonyl (C=O) groups excluding carboxylic acids is 2. The van der Waals surface area contributed by atoms with Crippen LogP contribution in [0.5, 0.6) is 0 Å². The molecular formula is C28H21F4N5O2. The topological polar surface area (TPSA) is 80.1 Å². The normalized spacial score (nSPS) is 16.3. The van der Waals surface area contributed by atoms with Crippen molar-refractivity contribution in [1.82, 2.24) is 19.7 Å². The number of benzene rings is 2. The molecule has 1 spiro atoms. The maximum absolute atomic E-state index is 14.0. The van der Waals surface area contributed by atoms with Crippen LogP contribution < -0.4 is 5.32 Å². The number of alkyl halides is 3. The number of hydrogen-bond donors (Lipinski definition) is 1. The summed E-state index contributed by atoms with van der Waals surface area (Å²) in [6.07, 6.45) is -0.710. The molecule has 39 heavy (non-hydrogen) atoms. The molecule has 0 unspecified atom stereocenters. The van der Waals surface area contributed by atoms with Crippen molar-refractivity contribution in [3.63, 3.8) is 0 Å². The van der Waals surface area contributed by atoms with E-state index < -0.39 is 23.0 Å². The molecule has 0 aliphatic carbocycles. The quantitative estimate of drug-likeness (QED) is 0.365. The largest absolute Gasteiger partial charge is 0.416 e. The van der Waals surface area contributed by atoms with Crippen LogP contribution in [0.1, 0.15) is 34.5 Å². The van der Waals surface area contributed by atoms with E-state index in [9.17, 15) is 27.2 Å². The first-order valence-electron chi connectivity index (χ1n) is 12.2. The number of amides is 2. The van der Waals surface area contributed by atoms with E-state index in [0.717, 1.165) is 12.1 Å². The molecule has 4 heterocycles. The molecule has 0 radical (unpaired) electrons. The Bertz CT molecular complexity index is 1570. The highest BCUT2D eigenvalue weighted by Crippen LogP contribution is 2.45. The number of rotatable bonds is 3. The molecule has 1 fully saturated rings.